The van der Waals surface area contributed by atoms with E-state index in [-0.39, 0.29) is 18.1 Å². The van der Waals surface area contributed by atoms with Gasteiger partial charge in [0.2, 0.25) is 0 Å². The number of carbonyl (C=O) groups excluding carboxylic acids is 2. The zero-order valence-electron chi connectivity index (χ0n) is 11.1. The summed E-state index contributed by atoms with van der Waals surface area (Å²) in [5.74, 6) is -0.545. The monoisotopic (exact) mass is 264 g/mol. The minimum atomic E-state index is -0.367. The lowest BCUT2D eigenvalue weighted by atomic mass is 10.1. The van der Waals surface area contributed by atoms with E-state index in [0.29, 0.717) is 17.7 Å². The van der Waals surface area contributed by atoms with Crippen LogP contribution in [0.5, 0.6) is 0 Å². The molecule has 0 unspecified atom stereocenters. The van der Waals surface area contributed by atoms with E-state index in [9.17, 15) is 9.59 Å². The third-order valence-corrected chi connectivity index (χ3v) is 3.09. The Morgan fingerprint density at radius 1 is 1.16 bits per heavy atom. The summed E-state index contributed by atoms with van der Waals surface area (Å²) in [5.41, 5.74) is 1.60. The maximum absolute atomic E-state index is 11.8. The predicted molar refractivity (Wildman–Crippen MR) is 69.2 cm³/mol. The van der Waals surface area contributed by atoms with E-state index in [1.54, 1.807) is 32.4 Å². The smallest absolute Gasteiger partial charge is 0.261 e. The van der Waals surface area contributed by atoms with Crippen LogP contribution >= 0.6 is 0 Å². The number of nitrogens with zero attached hydrogens (tertiary/aromatic N) is 1. The molecule has 1 heterocycles. The summed E-state index contributed by atoms with van der Waals surface area (Å²) >= 11 is 0. The lowest BCUT2D eigenvalue weighted by molar-refractivity contribution is -0.0914. The molecule has 6 nitrogen and oxygen atoms in total. The molecule has 1 aromatic rings. The molecule has 1 N–H and O–H groups in total. The second-order valence-corrected chi connectivity index (χ2v) is 4.21. The fourth-order valence-corrected chi connectivity index (χ4v) is 1.94. The first-order chi connectivity index (χ1) is 9.08. The van der Waals surface area contributed by atoms with Gasteiger partial charge in [0, 0.05) is 27.0 Å². The average molecular weight is 264 g/mol. The molecule has 0 bridgehead atoms. The number of rotatable bonds is 5. The average Bonchev–Trinajstić information content (AvgIpc) is 2.65. The Bertz CT molecular complexity index is 511. The Balaban J connectivity index is 2.15. The highest BCUT2D eigenvalue weighted by molar-refractivity contribution is 6.21. The van der Waals surface area contributed by atoms with Crippen molar-refractivity contribution >= 4 is 17.5 Å². The zero-order valence-corrected chi connectivity index (χ0v) is 11.1. The Morgan fingerprint density at radius 2 is 1.79 bits per heavy atom. The third kappa shape index (κ3) is 2.45. The molecule has 0 atom stereocenters. The third-order valence-electron chi connectivity index (χ3n) is 3.09. The summed E-state index contributed by atoms with van der Waals surface area (Å²) in [6, 6.07) is 5.07. The van der Waals surface area contributed by atoms with E-state index in [1.807, 2.05) is 0 Å². The van der Waals surface area contributed by atoms with Gasteiger partial charge in [-0.05, 0) is 18.2 Å². The van der Waals surface area contributed by atoms with Gasteiger partial charge in [0.1, 0.15) is 0 Å². The van der Waals surface area contributed by atoms with Crippen LogP contribution in [0.1, 0.15) is 20.7 Å². The molecule has 0 aromatic heterocycles. The van der Waals surface area contributed by atoms with Crippen molar-refractivity contribution in [1.82, 2.24) is 4.90 Å². The summed E-state index contributed by atoms with van der Waals surface area (Å²) in [4.78, 5) is 24.7. The van der Waals surface area contributed by atoms with Gasteiger partial charge in [-0.25, -0.2) is 0 Å². The topological polar surface area (TPSA) is 67.9 Å². The summed E-state index contributed by atoms with van der Waals surface area (Å²) in [5, 5.41) is 3.09. The molecule has 19 heavy (non-hydrogen) atoms. The summed E-state index contributed by atoms with van der Waals surface area (Å²) < 4.78 is 10.1. The molecule has 2 amide bonds. The van der Waals surface area contributed by atoms with Crippen LogP contribution in [-0.2, 0) is 9.47 Å². The second-order valence-electron chi connectivity index (χ2n) is 4.21. The van der Waals surface area contributed by atoms with Crippen molar-refractivity contribution < 1.29 is 19.1 Å². The lowest BCUT2D eigenvalue weighted by Gasteiger charge is -2.15. The first kappa shape index (κ1) is 13.5. The number of hydrogen-bond donors (Lipinski definition) is 1. The van der Waals surface area contributed by atoms with Crippen molar-refractivity contribution in [3.8, 4) is 0 Å². The molecule has 0 saturated carbocycles. The van der Waals surface area contributed by atoms with Crippen molar-refractivity contribution in [2.45, 2.75) is 6.29 Å². The summed E-state index contributed by atoms with van der Waals surface area (Å²) in [7, 11) is 4.58. The summed E-state index contributed by atoms with van der Waals surface area (Å²) in [6.45, 7) is 0.448. The van der Waals surface area contributed by atoms with Crippen LogP contribution in [0.15, 0.2) is 18.2 Å². The molecule has 6 heteroatoms. The maximum atomic E-state index is 11.8. The molecule has 0 aliphatic carbocycles. The van der Waals surface area contributed by atoms with Crippen LogP contribution in [-0.4, -0.2) is 50.8 Å². The minimum absolute atomic E-state index is 0.266. The fourth-order valence-electron chi connectivity index (χ4n) is 1.94. The predicted octanol–water partition coefficient (Wildman–Crippen LogP) is 0.943. The van der Waals surface area contributed by atoms with Crippen LogP contribution in [0.2, 0.25) is 0 Å². The molecular formula is C13H16N2O4. The Morgan fingerprint density at radius 3 is 2.42 bits per heavy atom. The molecule has 0 fully saturated rings. The number of methoxy groups -OCH3 is 2. The van der Waals surface area contributed by atoms with E-state index < -0.39 is 0 Å². The van der Waals surface area contributed by atoms with Crippen molar-refractivity contribution in [2.75, 3.05) is 33.1 Å². The molecule has 1 aliphatic rings. The highest BCUT2D eigenvalue weighted by Crippen LogP contribution is 2.24. The first-order valence-corrected chi connectivity index (χ1v) is 5.84. The van der Waals surface area contributed by atoms with E-state index in [4.69, 9.17) is 9.47 Å². The van der Waals surface area contributed by atoms with Crippen LogP contribution in [0.25, 0.3) is 0 Å². The van der Waals surface area contributed by atoms with E-state index in [0.717, 1.165) is 10.6 Å². The van der Waals surface area contributed by atoms with E-state index in [2.05, 4.69) is 5.32 Å². The Hall–Kier alpha value is -1.92. The number of imide groups is 1. The standard InChI is InChI=1S/C13H16N2O4/c1-15-12(16)9-5-4-8(6-10(9)13(15)17)14-7-11(18-2)19-3/h4-6,11,14H,7H2,1-3H3. The van der Waals surface area contributed by atoms with Gasteiger partial charge >= 0.3 is 0 Å². The Kier molecular flexibility index (Phi) is 3.82. The first-order valence-electron chi connectivity index (χ1n) is 5.84. The van der Waals surface area contributed by atoms with Gasteiger partial charge in [-0.15, -0.1) is 0 Å². The fraction of sp³-hybridized carbons (Fsp3) is 0.385. The number of anilines is 1. The highest BCUT2D eigenvalue weighted by atomic mass is 16.7. The largest absolute Gasteiger partial charge is 0.380 e. The number of amides is 2. The van der Waals surface area contributed by atoms with Gasteiger partial charge in [-0.2, -0.15) is 0 Å². The van der Waals surface area contributed by atoms with Crippen LogP contribution in [0.3, 0.4) is 0 Å². The van der Waals surface area contributed by atoms with Crippen molar-refractivity contribution in [1.29, 1.82) is 0 Å². The molecular weight excluding hydrogens is 248 g/mol. The van der Waals surface area contributed by atoms with Gasteiger partial charge in [0.25, 0.3) is 11.8 Å². The van der Waals surface area contributed by atoms with Crippen molar-refractivity contribution in [3.63, 3.8) is 0 Å². The maximum Gasteiger partial charge on any atom is 0.261 e. The van der Waals surface area contributed by atoms with Gasteiger partial charge in [0.15, 0.2) is 6.29 Å². The number of carbonyl (C=O) groups is 2. The summed E-state index contributed by atoms with van der Waals surface area (Å²) in [6.07, 6.45) is -0.367. The van der Waals surface area contributed by atoms with E-state index >= 15 is 0 Å². The number of ether oxygens (including phenoxy) is 2. The molecule has 2 rings (SSSR count). The second kappa shape index (κ2) is 5.38. The highest BCUT2D eigenvalue weighted by Gasteiger charge is 2.32. The van der Waals surface area contributed by atoms with Crippen molar-refractivity contribution in [2.24, 2.45) is 0 Å². The van der Waals surface area contributed by atoms with Crippen molar-refractivity contribution in [3.05, 3.63) is 29.3 Å². The number of benzene rings is 1. The number of nitrogens with one attached hydrogen (secondary N) is 1. The van der Waals surface area contributed by atoms with Crippen LogP contribution in [0.4, 0.5) is 5.69 Å². The molecule has 1 aliphatic heterocycles. The van der Waals surface area contributed by atoms with Crippen LogP contribution in [0, 0.1) is 0 Å². The number of fused-ring (bicyclic) bond motifs is 1. The molecule has 0 saturated heterocycles. The minimum Gasteiger partial charge on any atom is -0.380 e. The Labute approximate surface area is 111 Å². The lowest BCUT2D eigenvalue weighted by Crippen LogP contribution is -2.24. The normalized spacial score (nSPS) is 14.2. The molecule has 1 aromatic carbocycles. The van der Waals surface area contributed by atoms with Gasteiger partial charge < -0.3 is 14.8 Å². The SMILES string of the molecule is COC(CNc1ccc2c(c1)C(=O)N(C)C2=O)OC. The van der Waals surface area contributed by atoms with Crippen LogP contribution < -0.4 is 5.32 Å². The molecule has 102 valence electrons. The molecule has 0 radical (unpaired) electrons. The van der Waals surface area contributed by atoms with E-state index in [1.165, 1.54) is 7.05 Å². The zero-order chi connectivity index (χ0) is 14.0. The van der Waals surface area contributed by atoms with Gasteiger partial charge in [0.05, 0.1) is 17.7 Å². The molecule has 0 spiro atoms. The van der Waals surface area contributed by atoms with Gasteiger partial charge in [-0.1, -0.05) is 0 Å². The van der Waals surface area contributed by atoms with Gasteiger partial charge in [-0.3, -0.25) is 14.5 Å². The quantitative estimate of drug-likeness (QED) is 0.633. The number of hydrogen-bond acceptors (Lipinski definition) is 5.